The van der Waals surface area contributed by atoms with Crippen LogP contribution >= 0.6 is 27.3 Å². The average Bonchev–Trinajstić information content (AvgIpc) is 2.74. The van der Waals surface area contributed by atoms with E-state index in [0.717, 1.165) is 9.88 Å². The highest BCUT2D eigenvalue weighted by Crippen LogP contribution is 2.18. The summed E-state index contributed by atoms with van der Waals surface area (Å²) in [7, 11) is 1.77. The van der Waals surface area contributed by atoms with Crippen LogP contribution in [0, 0.1) is 6.92 Å². The summed E-state index contributed by atoms with van der Waals surface area (Å²) >= 11 is 4.89. The number of amides is 1. The number of hydrogen-bond donors (Lipinski definition) is 0. The Morgan fingerprint density at radius 3 is 2.89 bits per heavy atom. The van der Waals surface area contributed by atoms with Gasteiger partial charge in [-0.15, -0.1) is 11.3 Å². The quantitative estimate of drug-likeness (QED) is 0.815. The van der Waals surface area contributed by atoms with Crippen molar-refractivity contribution in [3.8, 4) is 0 Å². The Balaban J connectivity index is 2.12. The molecule has 0 aromatic carbocycles. The fourth-order valence-electron chi connectivity index (χ4n) is 1.54. The number of nitrogens with zero attached hydrogens (tertiary/aromatic N) is 3. The first kappa shape index (κ1) is 13.2. The van der Waals surface area contributed by atoms with Gasteiger partial charge in [-0.3, -0.25) is 4.79 Å². The van der Waals surface area contributed by atoms with E-state index in [1.807, 2.05) is 13.1 Å². The molecule has 0 N–H and O–H groups in total. The molecule has 0 fully saturated rings. The Labute approximate surface area is 118 Å². The van der Waals surface area contributed by atoms with E-state index in [0.29, 0.717) is 16.7 Å². The number of thiazole rings is 1. The molecule has 4 nitrogen and oxygen atoms in total. The third kappa shape index (κ3) is 2.94. The van der Waals surface area contributed by atoms with Gasteiger partial charge < -0.3 is 4.90 Å². The Morgan fingerprint density at radius 1 is 1.50 bits per heavy atom. The van der Waals surface area contributed by atoms with Gasteiger partial charge in [0.05, 0.1) is 17.1 Å². The summed E-state index contributed by atoms with van der Waals surface area (Å²) in [6.45, 7) is 2.51. The normalized spacial score (nSPS) is 10.4. The highest BCUT2D eigenvalue weighted by Gasteiger charge is 2.16. The maximum Gasteiger partial charge on any atom is 0.256 e. The van der Waals surface area contributed by atoms with Crippen molar-refractivity contribution >= 4 is 33.2 Å². The number of halogens is 1. The van der Waals surface area contributed by atoms with Crippen LogP contribution in [0.15, 0.2) is 29.1 Å². The highest BCUT2D eigenvalue weighted by atomic mass is 79.9. The second-order valence-electron chi connectivity index (χ2n) is 3.85. The van der Waals surface area contributed by atoms with Gasteiger partial charge in [0.1, 0.15) is 4.60 Å². The highest BCUT2D eigenvalue weighted by molar-refractivity contribution is 9.10. The predicted octanol–water partition coefficient (Wildman–Crippen LogP) is 2.88. The number of pyridine rings is 1. The minimum Gasteiger partial charge on any atom is -0.336 e. The number of carbonyl (C=O) groups excluding carboxylic acids is 1. The van der Waals surface area contributed by atoms with E-state index in [4.69, 9.17) is 0 Å². The summed E-state index contributed by atoms with van der Waals surface area (Å²) in [5, 5.41) is 1.01. The molecule has 0 unspecified atom stereocenters. The monoisotopic (exact) mass is 325 g/mol. The molecule has 2 rings (SSSR count). The minimum atomic E-state index is -0.0546. The second kappa shape index (κ2) is 5.58. The first-order valence-corrected chi connectivity index (χ1v) is 6.96. The SMILES string of the molecule is Cc1ncc(CN(C)C(=O)c2cccnc2Br)s1. The Morgan fingerprint density at radius 2 is 2.28 bits per heavy atom. The first-order valence-electron chi connectivity index (χ1n) is 5.35. The molecule has 6 heteroatoms. The molecule has 2 heterocycles. The fraction of sp³-hybridized carbons (Fsp3) is 0.250. The van der Waals surface area contributed by atoms with Crippen LogP contribution in [-0.4, -0.2) is 27.8 Å². The molecular formula is C12H12BrN3OS. The first-order chi connectivity index (χ1) is 8.58. The summed E-state index contributed by atoms with van der Waals surface area (Å²) < 4.78 is 0.572. The van der Waals surface area contributed by atoms with Crippen LogP contribution in [0.2, 0.25) is 0 Å². The average molecular weight is 326 g/mol. The zero-order valence-electron chi connectivity index (χ0n) is 10.1. The molecule has 0 spiro atoms. The molecule has 0 saturated carbocycles. The molecule has 2 aromatic rings. The van der Waals surface area contributed by atoms with Gasteiger partial charge in [-0.1, -0.05) is 0 Å². The number of carbonyl (C=O) groups is 1. The van der Waals surface area contributed by atoms with Crippen molar-refractivity contribution < 1.29 is 4.79 Å². The van der Waals surface area contributed by atoms with E-state index in [-0.39, 0.29) is 5.91 Å². The lowest BCUT2D eigenvalue weighted by Crippen LogP contribution is -2.26. The lowest BCUT2D eigenvalue weighted by Gasteiger charge is -2.16. The third-order valence-electron chi connectivity index (χ3n) is 2.40. The van der Waals surface area contributed by atoms with E-state index < -0.39 is 0 Å². The van der Waals surface area contributed by atoms with Gasteiger partial charge in [0.25, 0.3) is 5.91 Å². The molecule has 94 valence electrons. The molecule has 0 aliphatic heterocycles. The van der Waals surface area contributed by atoms with Crippen LogP contribution in [-0.2, 0) is 6.54 Å². The maximum absolute atomic E-state index is 12.2. The third-order valence-corrected chi connectivity index (χ3v) is 3.93. The summed E-state index contributed by atoms with van der Waals surface area (Å²) in [6.07, 6.45) is 3.45. The van der Waals surface area contributed by atoms with Crippen LogP contribution in [0.1, 0.15) is 20.2 Å². The second-order valence-corrected chi connectivity index (χ2v) is 5.92. The molecule has 0 atom stereocenters. The van der Waals surface area contributed by atoms with Gasteiger partial charge in [-0.25, -0.2) is 9.97 Å². The summed E-state index contributed by atoms with van der Waals surface area (Å²) in [5.74, 6) is -0.0546. The Bertz CT molecular complexity index is 570. The van der Waals surface area contributed by atoms with E-state index in [9.17, 15) is 4.79 Å². The van der Waals surface area contributed by atoms with Gasteiger partial charge in [-0.2, -0.15) is 0 Å². The molecule has 0 saturated heterocycles. The van der Waals surface area contributed by atoms with Crippen molar-refractivity contribution in [3.63, 3.8) is 0 Å². The Hall–Kier alpha value is -1.27. The van der Waals surface area contributed by atoms with E-state index in [1.54, 1.807) is 41.6 Å². The molecular weight excluding hydrogens is 314 g/mol. The van der Waals surface area contributed by atoms with Gasteiger partial charge >= 0.3 is 0 Å². The largest absolute Gasteiger partial charge is 0.336 e. The van der Waals surface area contributed by atoms with Crippen LogP contribution in [0.5, 0.6) is 0 Å². The lowest BCUT2D eigenvalue weighted by atomic mass is 10.2. The van der Waals surface area contributed by atoms with Gasteiger partial charge in [0.2, 0.25) is 0 Å². The topological polar surface area (TPSA) is 46.1 Å². The van der Waals surface area contributed by atoms with Crippen molar-refractivity contribution in [2.45, 2.75) is 13.5 Å². The van der Waals surface area contributed by atoms with Crippen LogP contribution in [0.25, 0.3) is 0 Å². The molecule has 0 aliphatic rings. The summed E-state index contributed by atoms with van der Waals surface area (Å²) in [4.78, 5) is 23.2. The van der Waals surface area contributed by atoms with E-state index in [2.05, 4.69) is 25.9 Å². The molecule has 0 bridgehead atoms. The van der Waals surface area contributed by atoms with Crippen LogP contribution in [0.4, 0.5) is 0 Å². The molecule has 18 heavy (non-hydrogen) atoms. The molecule has 0 aliphatic carbocycles. The molecule has 2 aromatic heterocycles. The lowest BCUT2D eigenvalue weighted by molar-refractivity contribution is 0.0785. The van der Waals surface area contributed by atoms with Gasteiger partial charge in [-0.05, 0) is 35.0 Å². The zero-order chi connectivity index (χ0) is 13.1. The minimum absolute atomic E-state index is 0.0546. The smallest absolute Gasteiger partial charge is 0.256 e. The maximum atomic E-state index is 12.2. The molecule has 1 amide bonds. The summed E-state index contributed by atoms with van der Waals surface area (Å²) in [5.41, 5.74) is 0.571. The van der Waals surface area contributed by atoms with Crippen molar-refractivity contribution in [2.75, 3.05) is 7.05 Å². The number of aromatic nitrogens is 2. The van der Waals surface area contributed by atoms with E-state index >= 15 is 0 Å². The van der Waals surface area contributed by atoms with Gasteiger partial charge in [0.15, 0.2) is 0 Å². The zero-order valence-corrected chi connectivity index (χ0v) is 12.5. The fourth-order valence-corrected chi connectivity index (χ4v) is 2.80. The van der Waals surface area contributed by atoms with Crippen LogP contribution < -0.4 is 0 Å². The van der Waals surface area contributed by atoms with Crippen molar-refractivity contribution in [1.82, 2.24) is 14.9 Å². The van der Waals surface area contributed by atoms with E-state index in [1.165, 1.54) is 0 Å². The number of rotatable bonds is 3. The standard InChI is InChI=1S/C12H12BrN3OS/c1-8-15-6-9(18-8)7-16(2)12(17)10-4-3-5-14-11(10)13/h3-6H,7H2,1-2H3. The van der Waals surface area contributed by atoms with Crippen molar-refractivity contribution in [1.29, 1.82) is 0 Å². The summed E-state index contributed by atoms with van der Waals surface area (Å²) in [6, 6.07) is 3.51. The van der Waals surface area contributed by atoms with Crippen LogP contribution in [0.3, 0.4) is 0 Å². The van der Waals surface area contributed by atoms with Crippen molar-refractivity contribution in [3.05, 3.63) is 44.6 Å². The van der Waals surface area contributed by atoms with Gasteiger partial charge in [0, 0.05) is 24.3 Å². The molecule has 0 radical (unpaired) electrons. The predicted molar refractivity (Wildman–Crippen MR) is 74.6 cm³/mol. The number of aryl methyl sites for hydroxylation is 1. The Kier molecular flexibility index (Phi) is 4.08. The van der Waals surface area contributed by atoms with Crippen molar-refractivity contribution in [2.24, 2.45) is 0 Å². The number of hydrogen-bond acceptors (Lipinski definition) is 4.